The number of benzene rings is 4. The minimum Gasteiger partial charge on any atom is -0.0578 e. The molecule has 1 aliphatic carbocycles. The third-order valence-electron chi connectivity index (χ3n) is 6.24. The van der Waals surface area contributed by atoms with E-state index in [0.717, 1.165) is 0 Å². The highest BCUT2D eigenvalue weighted by Crippen LogP contribution is 2.38. The van der Waals surface area contributed by atoms with Crippen molar-refractivity contribution < 1.29 is 0 Å². The van der Waals surface area contributed by atoms with Crippen LogP contribution in [0.1, 0.15) is 56.1 Å². The Morgan fingerprint density at radius 1 is 0.400 bits per heavy atom. The zero-order chi connectivity index (χ0) is 16.6. The van der Waals surface area contributed by atoms with E-state index in [0.29, 0.717) is 0 Å². The predicted octanol–water partition coefficient (Wildman–Crippen LogP) is 7.41. The molecule has 2 bridgehead atoms. The highest BCUT2D eigenvalue weighted by Gasteiger charge is 2.13. The first-order valence-electron chi connectivity index (χ1n) is 10.1. The third-order valence-corrected chi connectivity index (χ3v) is 6.24. The Kier molecular flexibility index (Phi) is 3.85. The van der Waals surface area contributed by atoms with E-state index in [1.54, 1.807) is 11.1 Å². The summed E-state index contributed by atoms with van der Waals surface area (Å²) < 4.78 is 0. The molecule has 0 N–H and O–H groups in total. The fraction of sp³-hybridized carbons (Fsp3) is 0.360. The van der Waals surface area contributed by atoms with Crippen LogP contribution in [0.2, 0.25) is 0 Å². The van der Waals surface area contributed by atoms with Crippen molar-refractivity contribution in [2.45, 2.75) is 57.8 Å². The molecule has 1 aliphatic rings. The molecule has 0 saturated carbocycles. The lowest BCUT2D eigenvalue weighted by Crippen LogP contribution is -1.93. The summed E-state index contributed by atoms with van der Waals surface area (Å²) in [5.41, 5.74) is 3.09. The molecule has 5 rings (SSSR count). The molecule has 0 nitrogen and oxygen atoms in total. The summed E-state index contributed by atoms with van der Waals surface area (Å²) in [6, 6.07) is 18.9. The molecule has 0 aliphatic heterocycles. The van der Waals surface area contributed by atoms with Crippen molar-refractivity contribution in [1.29, 1.82) is 0 Å². The van der Waals surface area contributed by atoms with Crippen molar-refractivity contribution in [2.75, 3.05) is 0 Å². The van der Waals surface area contributed by atoms with Crippen LogP contribution in [0.5, 0.6) is 0 Å². The maximum absolute atomic E-state index is 2.41. The van der Waals surface area contributed by atoms with Gasteiger partial charge in [-0.05, 0) is 69.1 Å². The van der Waals surface area contributed by atoms with Gasteiger partial charge >= 0.3 is 0 Å². The standard InChI is InChI=1S/C25H26/c1-2-4-6-8-18-10-12-20-14-15-21-13-11-19(9-7-5-3-1)23-17-16-22(18)24(20)25(21)23/h10-17H,1-9H2. The van der Waals surface area contributed by atoms with Gasteiger partial charge in [0.05, 0.1) is 0 Å². The van der Waals surface area contributed by atoms with Crippen LogP contribution in [0, 0.1) is 0 Å². The molecular formula is C25H26. The molecule has 0 heterocycles. The van der Waals surface area contributed by atoms with Crippen LogP contribution in [0.4, 0.5) is 0 Å². The zero-order valence-corrected chi connectivity index (χ0v) is 15.0. The molecule has 4 aromatic carbocycles. The molecule has 0 amide bonds. The molecule has 0 fully saturated rings. The van der Waals surface area contributed by atoms with Crippen LogP contribution in [0.3, 0.4) is 0 Å². The summed E-state index contributed by atoms with van der Waals surface area (Å²) in [4.78, 5) is 0. The van der Waals surface area contributed by atoms with Crippen LogP contribution in [0.15, 0.2) is 48.5 Å². The van der Waals surface area contributed by atoms with Crippen LogP contribution in [-0.4, -0.2) is 0 Å². The fourth-order valence-corrected chi connectivity index (χ4v) is 4.87. The van der Waals surface area contributed by atoms with Gasteiger partial charge in [-0.25, -0.2) is 0 Å². The maximum Gasteiger partial charge on any atom is -0.00239 e. The van der Waals surface area contributed by atoms with Crippen LogP contribution < -0.4 is 0 Å². The number of hydrogen-bond donors (Lipinski definition) is 0. The van der Waals surface area contributed by atoms with Gasteiger partial charge in [-0.15, -0.1) is 0 Å². The monoisotopic (exact) mass is 326 g/mol. The van der Waals surface area contributed by atoms with Gasteiger partial charge < -0.3 is 0 Å². The second-order valence-electron chi connectivity index (χ2n) is 7.85. The Bertz CT molecular complexity index is 941. The lowest BCUT2D eigenvalue weighted by Gasteiger charge is -2.16. The summed E-state index contributed by atoms with van der Waals surface area (Å²) in [7, 11) is 0. The lowest BCUT2D eigenvalue weighted by molar-refractivity contribution is 0.580. The zero-order valence-electron chi connectivity index (χ0n) is 15.0. The quantitative estimate of drug-likeness (QED) is 0.295. The Balaban J connectivity index is 1.79. The Morgan fingerprint density at radius 3 is 1.28 bits per heavy atom. The smallest absolute Gasteiger partial charge is 0.00239 e. The van der Waals surface area contributed by atoms with Gasteiger partial charge in [0.1, 0.15) is 0 Å². The first kappa shape index (κ1) is 15.2. The second kappa shape index (κ2) is 6.33. The van der Waals surface area contributed by atoms with Gasteiger partial charge in [0.2, 0.25) is 0 Å². The first-order chi connectivity index (χ1) is 12.4. The van der Waals surface area contributed by atoms with Gasteiger partial charge in [0.25, 0.3) is 0 Å². The first-order valence-corrected chi connectivity index (χ1v) is 10.1. The topological polar surface area (TPSA) is 0 Å². The largest absolute Gasteiger partial charge is 0.0578 e. The van der Waals surface area contributed by atoms with Crippen molar-refractivity contribution in [3.63, 3.8) is 0 Å². The highest BCUT2D eigenvalue weighted by molar-refractivity contribution is 6.24. The Hall–Kier alpha value is -2.08. The molecule has 0 heteroatoms. The summed E-state index contributed by atoms with van der Waals surface area (Å²) in [6.07, 6.45) is 12.1. The molecule has 0 radical (unpaired) electrons. The van der Waals surface area contributed by atoms with E-state index in [2.05, 4.69) is 48.5 Å². The van der Waals surface area contributed by atoms with Crippen LogP contribution in [0.25, 0.3) is 32.3 Å². The number of hydrogen-bond acceptors (Lipinski definition) is 0. The molecule has 0 unspecified atom stereocenters. The van der Waals surface area contributed by atoms with Crippen molar-refractivity contribution in [1.82, 2.24) is 0 Å². The number of aryl methyl sites for hydroxylation is 2. The van der Waals surface area contributed by atoms with Gasteiger partial charge in [-0.1, -0.05) is 80.6 Å². The molecule has 0 spiro atoms. The van der Waals surface area contributed by atoms with E-state index in [9.17, 15) is 0 Å². The van der Waals surface area contributed by atoms with Gasteiger partial charge in [-0.3, -0.25) is 0 Å². The highest BCUT2D eigenvalue weighted by atomic mass is 14.2. The van der Waals surface area contributed by atoms with Crippen molar-refractivity contribution in [3.8, 4) is 0 Å². The number of fused-ring (bicyclic) bond motifs is 1. The minimum atomic E-state index is 1.22. The van der Waals surface area contributed by atoms with Gasteiger partial charge in [0.15, 0.2) is 0 Å². The minimum absolute atomic E-state index is 1.22. The van der Waals surface area contributed by atoms with E-state index < -0.39 is 0 Å². The summed E-state index contributed by atoms with van der Waals surface area (Å²) in [5.74, 6) is 0. The predicted molar refractivity (Wildman–Crippen MR) is 110 cm³/mol. The molecule has 0 atom stereocenters. The molecule has 25 heavy (non-hydrogen) atoms. The normalized spacial score (nSPS) is 17.0. The van der Waals surface area contributed by atoms with Gasteiger partial charge in [-0.2, -0.15) is 0 Å². The van der Waals surface area contributed by atoms with Gasteiger partial charge in [0, 0.05) is 0 Å². The summed E-state index contributed by atoms with van der Waals surface area (Å²) in [6.45, 7) is 0. The molecular weight excluding hydrogens is 300 g/mol. The Morgan fingerprint density at radius 2 is 0.800 bits per heavy atom. The van der Waals surface area contributed by atoms with E-state index in [4.69, 9.17) is 0 Å². The van der Waals surface area contributed by atoms with E-state index in [-0.39, 0.29) is 0 Å². The van der Waals surface area contributed by atoms with Crippen molar-refractivity contribution >= 4 is 32.3 Å². The second-order valence-corrected chi connectivity index (χ2v) is 7.85. The Labute approximate surface area is 150 Å². The van der Waals surface area contributed by atoms with E-state index >= 15 is 0 Å². The van der Waals surface area contributed by atoms with Crippen LogP contribution >= 0.6 is 0 Å². The fourth-order valence-electron chi connectivity index (χ4n) is 4.87. The van der Waals surface area contributed by atoms with Crippen LogP contribution in [-0.2, 0) is 12.8 Å². The maximum atomic E-state index is 2.41. The lowest BCUT2D eigenvalue weighted by atomic mass is 9.88. The van der Waals surface area contributed by atoms with Crippen molar-refractivity contribution in [3.05, 3.63) is 59.7 Å². The summed E-state index contributed by atoms with van der Waals surface area (Å²) >= 11 is 0. The van der Waals surface area contributed by atoms with E-state index in [1.165, 1.54) is 90.1 Å². The SMILES string of the molecule is c1cc2ccc3ccc4c5ccc(c1CCCCCCCCC4)c2c35. The molecule has 126 valence electrons. The molecule has 4 aromatic rings. The molecule has 0 aromatic heterocycles. The van der Waals surface area contributed by atoms with Crippen molar-refractivity contribution in [2.24, 2.45) is 0 Å². The third kappa shape index (κ3) is 2.59. The average molecular weight is 326 g/mol. The average Bonchev–Trinajstić information content (AvgIpc) is 2.66. The number of rotatable bonds is 0. The summed E-state index contributed by atoms with van der Waals surface area (Å²) in [5, 5.41) is 8.79. The van der Waals surface area contributed by atoms with E-state index in [1.807, 2.05) is 0 Å². The molecule has 0 saturated heterocycles.